The molecule has 0 aliphatic carbocycles. The van der Waals surface area contributed by atoms with Crippen LogP contribution >= 0.6 is 0 Å². The third-order valence-electron chi connectivity index (χ3n) is 10.8. The molecular weight excluding hydrogens is 645 g/mol. The zero-order chi connectivity index (χ0) is 35.0. The summed E-state index contributed by atoms with van der Waals surface area (Å²) in [5.41, 5.74) is 12.8. The third kappa shape index (κ3) is 4.35. The van der Waals surface area contributed by atoms with Gasteiger partial charge in [-0.25, -0.2) is 4.85 Å². The quantitative estimate of drug-likeness (QED) is 0.166. The monoisotopic (exact) mass is 674 g/mol. The van der Waals surface area contributed by atoms with Gasteiger partial charge in [-0.1, -0.05) is 109 Å². The molecule has 0 saturated carbocycles. The summed E-state index contributed by atoms with van der Waals surface area (Å²) in [6.07, 6.45) is 0. The van der Waals surface area contributed by atoms with Crippen LogP contribution in [0.2, 0.25) is 0 Å². The van der Waals surface area contributed by atoms with Crippen LogP contribution in [0.3, 0.4) is 0 Å². The Morgan fingerprint density at radius 2 is 0.717 bits per heavy atom. The number of hydrogen-bond donors (Lipinski definition) is 0. The maximum absolute atomic E-state index is 8.13. The smallest absolute Gasteiger partial charge is 0.191 e. The number of rotatable bonds is 4. The molecule has 11 aromatic rings. The summed E-state index contributed by atoms with van der Waals surface area (Å²) < 4.78 is 6.98. The minimum atomic E-state index is 0.601. The van der Waals surface area contributed by atoms with Gasteiger partial charge in [0, 0.05) is 49.4 Å². The minimum absolute atomic E-state index is 0.601. The lowest BCUT2D eigenvalue weighted by Crippen LogP contribution is -1.98. The van der Waals surface area contributed by atoms with Gasteiger partial charge in [0.15, 0.2) is 5.69 Å². The molecule has 11 rings (SSSR count). The number of nitrogens with zero attached hydrogens (tertiary/aromatic N) is 4. The molecule has 3 heterocycles. The van der Waals surface area contributed by atoms with Gasteiger partial charge in [0.25, 0.3) is 0 Å². The van der Waals surface area contributed by atoms with E-state index in [1.807, 2.05) is 12.1 Å². The predicted molar refractivity (Wildman–Crippen MR) is 221 cm³/mol. The maximum Gasteiger partial charge on any atom is 0.191 e. The first-order valence-electron chi connectivity index (χ1n) is 17.9. The second-order valence-electron chi connectivity index (χ2n) is 13.7. The van der Waals surface area contributed by atoms with Crippen LogP contribution in [-0.2, 0) is 0 Å². The summed E-state index contributed by atoms with van der Waals surface area (Å²) in [6.45, 7) is 8.13. The van der Waals surface area contributed by atoms with Crippen LogP contribution in [-0.4, -0.2) is 13.7 Å². The number of aromatic nitrogens is 3. The third-order valence-corrected chi connectivity index (χ3v) is 10.8. The summed E-state index contributed by atoms with van der Waals surface area (Å²) in [4.78, 5) is 3.98. The lowest BCUT2D eigenvalue weighted by atomic mass is 10.0. The molecule has 0 aliphatic rings. The van der Waals surface area contributed by atoms with Crippen molar-refractivity contribution in [2.45, 2.75) is 0 Å². The largest absolute Gasteiger partial charge is 0.310 e. The molecule has 8 aromatic carbocycles. The fourth-order valence-electron chi connectivity index (χ4n) is 8.54. The topological polar surface area (TPSA) is 19.1 Å². The van der Waals surface area contributed by atoms with E-state index in [9.17, 15) is 0 Å². The Morgan fingerprint density at radius 1 is 0.302 bits per heavy atom. The first-order valence-corrected chi connectivity index (χ1v) is 17.9. The highest BCUT2D eigenvalue weighted by Gasteiger charge is 2.18. The van der Waals surface area contributed by atoms with E-state index in [2.05, 4.69) is 188 Å². The zero-order valence-electron chi connectivity index (χ0n) is 28.6. The number of benzene rings is 8. The van der Waals surface area contributed by atoms with Gasteiger partial charge >= 0.3 is 0 Å². The summed E-state index contributed by atoms with van der Waals surface area (Å²) in [5.74, 6) is 0. The van der Waals surface area contributed by atoms with Crippen LogP contribution in [0, 0.1) is 6.57 Å². The van der Waals surface area contributed by atoms with Crippen molar-refractivity contribution in [2.75, 3.05) is 0 Å². The Bertz CT molecular complexity index is 3240. The molecule has 0 unspecified atom stereocenters. The first kappa shape index (κ1) is 29.4. The zero-order valence-corrected chi connectivity index (χ0v) is 28.6. The Labute approximate surface area is 305 Å². The second-order valence-corrected chi connectivity index (χ2v) is 13.7. The van der Waals surface area contributed by atoms with Crippen molar-refractivity contribution >= 4 is 71.1 Å². The molecule has 4 nitrogen and oxygen atoms in total. The molecule has 0 bridgehead atoms. The highest BCUT2D eigenvalue weighted by atomic mass is 15.0. The van der Waals surface area contributed by atoms with Crippen molar-refractivity contribution in [3.63, 3.8) is 0 Å². The van der Waals surface area contributed by atoms with Crippen molar-refractivity contribution in [3.8, 4) is 28.2 Å². The summed E-state index contributed by atoms with van der Waals surface area (Å²) in [5, 5.41) is 7.24. The van der Waals surface area contributed by atoms with Crippen molar-refractivity contribution in [2.24, 2.45) is 0 Å². The Morgan fingerprint density at radius 3 is 1.26 bits per heavy atom. The molecule has 0 radical (unpaired) electrons. The molecule has 4 heteroatoms. The predicted octanol–water partition coefficient (Wildman–Crippen LogP) is 13.2. The lowest BCUT2D eigenvalue weighted by molar-refractivity contribution is 1.14. The maximum atomic E-state index is 8.13. The minimum Gasteiger partial charge on any atom is -0.310 e. The van der Waals surface area contributed by atoms with E-state index in [-0.39, 0.29) is 0 Å². The lowest BCUT2D eigenvalue weighted by Gasteiger charge is -2.14. The van der Waals surface area contributed by atoms with Crippen molar-refractivity contribution in [3.05, 3.63) is 193 Å². The fourth-order valence-corrected chi connectivity index (χ4v) is 8.54. The molecule has 0 fully saturated rings. The van der Waals surface area contributed by atoms with Gasteiger partial charge in [0.05, 0.1) is 39.7 Å². The van der Waals surface area contributed by atoms with E-state index in [1.165, 1.54) is 48.9 Å². The van der Waals surface area contributed by atoms with E-state index in [0.29, 0.717) is 5.69 Å². The highest BCUT2D eigenvalue weighted by molar-refractivity contribution is 6.13. The van der Waals surface area contributed by atoms with E-state index in [4.69, 9.17) is 6.57 Å². The van der Waals surface area contributed by atoms with Gasteiger partial charge < -0.3 is 13.7 Å². The molecule has 246 valence electrons. The molecule has 0 saturated heterocycles. The van der Waals surface area contributed by atoms with Crippen LogP contribution < -0.4 is 0 Å². The normalized spacial score (nSPS) is 11.8. The van der Waals surface area contributed by atoms with Gasteiger partial charge in [-0.05, 0) is 83.9 Å². The van der Waals surface area contributed by atoms with Crippen LogP contribution in [0.5, 0.6) is 0 Å². The number of fused-ring (bicyclic) bond motifs is 9. The summed E-state index contributed by atoms with van der Waals surface area (Å²) >= 11 is 0. The van der Waals surface area contributed by atoms with E-state index >= 15 is 0 Å². The van der Waals surface area contributed by atoms with Gasteiger partial charge in [-0.2, -0.15) is 0 Å². The molecule has 0 N–H and O–H groups in total. The molecule has 0 amide bonds. The average molecular weight is 675 g/mol. The van der Waals surface area contributed by atoms with E-state index in [0.717, 1.165) is 44.7 Å². The SMILES string of the molecule is [C-]#[N+]c1cc(-n2c3ccccc3c3ccccc32)cc(-n2c3ccccc3c3cc(-c4ccc5c6ccccc6n(-c6ccccc6)c5c4)ccc32)c1. The van der Waals surface area contributed by atoms with Crippen LogP contribution in [0.15, 0.2) is 182 Å². The average Bonchev–Trinajstić information content (AvgIpc) is 3.86. The van der Waals surface area contributed by atoms with Crippen LogP contribution in [0.4, 0.5) is 5.69 Å². The molecule has 3 aromatic heterocycles. The standard InChI is InChI=1S/C49H30N4/c1-50-34-29-36(52-45-20-10-5-15-38(45)39-16-6-11-21-46(39)52)31-37(30-34)53-47-22-12-8-18-41(47)43-27-32(24-26-48(43)53)33-23-25-42-40-17-7-9-19-44(40)51(49(42)28-33)35-13-3-2-4-14-35/h2-31H. The molecule has 0 spiro atoms. The Hall–Kier alpha value is -7.35. The highest BCUT2D eigenvalue weighted by Crippen LogP contribution is 2.40. The molecular formula is C49H30N4. The van der Waals surface area contributed by atoms with Crippen molar-refractivity contribution < 1.29 is 0 Å². The van der Waals surface area contributed by atoms with Crippen molar-refractivity contribution in [1.82, 2.24) is 13.7 Å². The van der Waals surface area contributed by atoms with Gasteiger partial charge in [0.2, 0.25) is 0 Å². The van der Waals surface area contributed by atoms with Crippen LogP contribution in [0.25, 0.3) is 98.5 Å². The second kappa shape index (κ2) is 11.3. The summed E-state index contributed by atoms with van der Waals surface area (Å²) in [7, 11) is 0. The molecule has 0 atom stereocenters. The van der Waals surface area contributed by atoms with Gasteiger partial charge in [-0.3, -0.25) is 0 Å². The van der Waals surface area contributed by atoms with Gasteiger partial charge in [0.1, 0.15) is 0 Å². The molecule has 0 aliphatic heterocycles. The Balaban J connectivity index is 1.12. The van der Waals surface area contributed by atoms with E-state index in [1.54, 1.807) is 0 Å². The Kier molecular flexibility index (Phi) is 6.28. The number of hydrogen-bond acceptors (Lipinski definition) is 0. The number of para-hydroxylation sites is 5. The fraction of sp³-hybridized carbons (Fsp3) is 0. The van der Waals surface area contributed by atoms with Gasteiger partial charge in [-0.15, -0.1) is 0 Å². The van der Waals surface area contributed by atoms with Crippen molar-refractivity contribution in [1.29, 1.82) is 0 Å². The first-order chi connectivity index (χ1) is 26.2. The van der Waals surface area contributed by atoms with Crippen LogP contribution in [0.1, 0.15) is 0 Å². The summed E-state index contributed by atoms with van der Waals surface area (Å²) in [6, 6.07) is 64.8. The van der Waals surface area contributed by atoms with E-state index < -0.39 is 0 Å². The molecule has 53 heavy (non-hydrogen) atoms.